The van der Waals surface area contributed by atoms with Crippen LogP contribution in [-0.4, -0.2) is 28.3 Å². The van der Waals surface area contributed by atoms with Gasteiger partial charge in [0.15, 0.2) is 0 Å². The molecule has 16 heavy (non-hydrogen) atoms. The summed E-state index contributed by atoms with van der Waals surface area (Å²) in [4.78, 5) is 11.6. The molecule has 0 aliphatic rings. The molecular formula is C11H20N4O. The van der Waals surface area contributed by atoms with Crippen molar-refractivity contribution in [2.45, 2.75) is 33.4 Å². The van der Waals surface area contributed by atoms with Crippen molar-refractivity contribution in [2.24, 2.45) is 11.7 Å². The van der Waals surface area contributed by atoms with Gasteiger partial charge in [0.05, 0.1) is 12.7 Å². The number of amides is 1. The molecule has 0 aliphatic heterocycles. The first-order valence-electron chi connectivity index (χ1n) is 5.53. The molecule has 5 nitrogen and oxygen atoms in total. The molecule has 3 N–H and O–H groups in total. The highest BCUT2D eigenvalue weighted by Crippen LogP contribution is 1.99. The van der Waals surface area contributed by atoms with Gasteiger partial charge in [0.25, 0.3) is 0 Å². The number of carbonyl (C=O) groups is 1. The molecule has 5 heteroatoms. The second-order valence-electron chi connectivity index (χ2n) is 4.22. The number of nitrogens with one attached hydrogen (secondary N) is 1. The van der Waals surface area contributed by atoms with Crippen LogP contribution in [-0.2, 0) is 11.3 Å². The van der Waals surface area contributed by atoms with Gasteiger partial charge in [0.2, 0.25) is 5.91 Å². The van der Waals surface area contributed by atoms with Crippen molar-refractivity contribution in [3.63, 3.8) is 0 Å². The third-order valence-corrected chi connectivity index (χ3v) is 2.60. The maximum Gasteiger partial charge on any atom is 0.224 e. The minimum Gasteiger partial charge on any atom is -0.354 e. The Labute approximate surface area is 96.0 Å². The molecule has 1 aromatic rings. The first-order chi connectivity index (χ1) is 7.50. The summed E-state index contributed by atoms with van der Waals surface area (Å²) in [5.41, 5.74) is 6.77. The van der Waals surface area contributed by atoms with Gasteiger partial charge in [0, 0.05) is 24.7 Å². The Kier molecular flexibility index (Phi) is 4.49. The van der Waals surface area contributed by atoms with Crippen LogP contribution in [0.5, 0.6) is 0 Å². The van der Waals surface area contributed by atoms with Gasteiger partial charge >= 0.3 is 0 Å². The minimum absolute atomic E-state index is 0.00104. The van der Waals surface area contributed by atoms with Crippen LogP contribution in [0, 0.1) is 12.8 Å². The highest BCUT2D eigenvalue weighted by atomic mass is 16.1. The van der Waals surface area contributed by atoms with Crippen molar-refractivity contribution in [3.05, 3.63) is 18.0 Å². The molecule has 0 aromatic carbocycles. The van der Waals surface area contributed by atoms with Crippen LogP contribution >= 0.6 is 0 Å². The number of hydrogen-bond acceptors (Lipinski definition) is 3. The van der Waals surface area contributed by atoms with E-state index in [9.17, 15) is 4.79 Å². The Balaban J connectivity index is 2.28. The SMILES string of the molecule is Cc1cnn(CCNC(=O)C(C)C(C)N)c1. The molecule has 1 rings (SSSR count). The van der Waals surface area contributed by atoms with Crippen LogP contribution in [0.4, 0.5) is 0 Å². The minimum atomic E-state index is -0.153. The smallest absolute Gasteiger partial charge is 0.224 e. The Morgan fingerprint density at radius 1 is 1.62 bits per heavy atom. The summed E-state index contributed by atoms with van der Waals surface area (Å²) in [6.07, 6.45) is 3.74. The Hall–Kier alpha value is -1.36. The highest BCUT2D eigenvalue weighted by molar-refractivity contribution is 5.78. The molecule has 1 heterocycles. The van der Waals surface area contributed by atoms with Crippen LogP contribution < -0.4 is 11.1 Å². The number of carbonyl (C=O) groups excluding carboxylic acids is 1. The van der Waals surface area contributed by atoms with Crippen LogP contribution in [0.25, 0.3) is 0 Å². The van der Waals surface area contributed by atoms with Gasteiger partial charge in [-0.1, -0.05) is 6.92 Å². The molecule has 2 unspecified atom stereocenters. The molecule has 1 aromatic heterocycles. The van der Waals surface area contributed by atoms with E-state index >= 15 is 0 Å². The van der Waals surface area contributed by atoms with E-state index in [1.54, 1.807) is 6.20 Å². The lowest BCUT2D eigenvalue weighted by Gasteiger charge is -2.15. The van der Waals surface area contributed by atoms with Gasteiger partial charge in [-0.05, 0) is 19.4 Å². The number of rotatable bonds is 5. The van der Waals surface area contributed by atoms with E-state index < -0.39 is 0 Å². The lowest BCUT2D eigenvalue weighted by molar-refractivity contribution is -0.124. The Morgan fingerprint density at radius 3 is 2.81 bits per heavy atom. The van der Waals surface area contributed by atoms with Crippen LogP contribution in [0.1, 0.15) is 19.4 Å². The highest BCUT2D eigenvalue weighted by Gasteiger charge is 2.15. The molecule has 0 radical (unpaired) electrons. The zero-order valence-electron chi connectivity index (χ0n) is 10.1. The number of nitrogens with two attached hydrogens (primary N) is 1. The first-order valence-corrected chi connectivity index (χ1v) is 5.53. The van der Waals surface area contributed by atoms with Crippen LogP contribution in [0.2, 0.25) is 0 Å². The Bertz CT molecular complexity index is 346. The van der Waals surface area contributed by atoms with Gasteiger partial charge in [-0.3, -0.25) is 9.48 Å². The van der Waals surface area contributed by atoms with Crippen molar-refractivity contribution in [3.8, 4) is 0 Å². The summed E-state index contributed by atoms with van der Waals surface area (Å²) in [6.45, 7) is 6.92. The van der Waals surface area contributed by atoms with Gasteiger partial charge in [-0.25, -0.2) is 0 Å². The van der Waals surface area contributed by atoms with Crippen molar-refractivity contribution >= 4 is 5.91 Å². The standard InChI is InChI=1S/C11H20N4O/c1-8-6-14-15(7-8)5-4-13-11(16)9(2)10(3)12/h6-7,9-10H,4-5,12H2,1-3H3,(H,13,16). The van der Waals surface area contributed by atoms with Crippen LogP contribution in [0.15, 0.2) is 12.4 Å². The van der Waals surface area contributed by atoms with E-state index in [2.05, 4.69) is 10.4 Å². The molecular weight excluding hydrogens is 204 g/mol. The molecule has 0 aliphatic carbocycles. The zero-order valence-corrected chi connectivity index (χ0v) is 10.1. The van der Waals surface area contributed by atoms with E-state index in [0.717, 1.165) is 5.56 Å². The quantitative estimate of drug-likeness (QED) is 0.755. The van der Waals surface area contributed by atoms with Crippen LogP contribution in [0.3, 0.4) is 0 Å². The predicted octanol–water partition coefficient (Wildman–Crippen LogP) is 0.291. The Morgan fingerprint density at radius 2 is 2.31 bits per heavy atom. The summed E-state index contributed by atoms with van der Waals surface area (Å²) in [7, 11) is 0. The van der Waals surface area contributed by atoms with E-state index in [0.29, 0.717) is 13.1 Å². The monoisotopic (exact) mass is 224 g/mol. The van der Waals surface area contributed by atoms with E-state index in [-0.39, 0.29) is 17.9 Å². The third kappa shape index (κ3) is 3.66. The summed E-state index contributed by atoms with van der Waals surface area (Å²) in [5.74, 6) is -0.154. The molecule has 0 saturated carbocycles. The van der Waals surface area contributed by atoms with Gasteiger partial charge in [-0.2, -0.15) is 5.10 Å². The summed E-state index contributed by atoms with van der Waals surface area (Å²) in [5, 5.41) is 6.97. The second kappa shape index (κ2) is 5.65. The average Bonchev–Trinajstić information content (AvgIpc) is 2.62. The fourth-order valence-electron chi connectivity index (χ4n) is 1.28. The largest absolute Gasteiger partial charge is 0.354 e. The zero-order chi connectivity index (χ0) is 12.1. The fraction of sp³-hybridized carbons (Fsp3) is 0.636. The van der Waals surface area contributed by atoms with Crippen molar-refractivity contribution < 1.29 is 4.79 Å². The molecule has 0 spiro atoms. The summed E-state index contributed by atoms with van der Waals surface area (Å²) >= 11 is 0. The molecule has 0 fully saturated rings. The fourth-order valence-corrected chi connectivity index (χ4v) is 1.28. The number of aryl methyl sites for hydroxylation is 1. The normalized spacial score (nSPS) is 14.5. The average molecular weight is 224 g/mol. The number of hydrogen-bond donors (Lipinski definition) is 2. The van der Waals surface area contributed by atoms with Gasteiger partial charge in [-0.15, -0.1) is 0 Å². The van der Waals surface area contributed by atoms with E-state index in [1.165, 1.54) is 0 Å². The molecule has 1 amide bonds. The number of aromatic nitrogens is 2. The topological polar surface area (TPSA) is 72.9 Å². The molecule has 0 bridgehead atoms. The predicted molar refractivity (Wildman–Crippen MR) is 62.8 cm³/mol. The first kappa shape index (κ1) is 12.7. The second-order valence-corrected chi connectivity index (χ2v) is 4.22. The van der Waals surface area contributed by atoms with E-state index in [1.807, 2.05) is 31.6 Å². The summed E-state index contributed by atoms with van der Waals surface area (Å²) in [6, 6.07) is -0.119. The lowest BCUT2D eigenvalue weighted by Crippen LogP contribution is -2.39. The number of nitrogens with zero attached hydrogens (tertiary/aromatic N) is 2. The summed E-state index contributed by atoms with van der Waals surface area (Å²) < 4.78 is 1.81. The van der Waals surface area contributed by atoms with Gasteiger partial charge in [0.1, 0.15) is 0 Å². The maximum absolute atomic E-state index is 11.6. The maximum atomic E-state index is 11.6. The molecule has 90 valence electrons. The lowest BCUT2D eigenvalue weighted by atomic mass is 10.0. The van der Waals surface area contributed by atoms with Crippen molar-refractivity contribution in [1.29, 1.82) is 0 Å². The molecule has 2 atom stereocenters. The van der Waals surface area contributed by atoms with E-state index in [4.69, 9.17) is 5.73 Å². The van der Waals surface area contributed by atoms with Crippen molar-refractivity contribution in [2.75, 3.05) is 6.54 Å². The van der Waals surface area contributed by atoms with Crippen molar-refractivity contribution in [1.82, 2.24) is 15.1 Å². The third-order valence-electron chi connectivity index (χ3n) is 2.60. The molecule has 0 saturated heterocycles. The van der Waals surface area contributed by atoms with Gasteiger partial charge < -0.3 is 11.1 Å².